The molecular weight excluding hydrogens is 396 g/mol. The van der Waals surface area contributed by atoms with Crippen LogP contribution < -0.4 is 5.32 Å². The average Bonchev–Trinajstić information content (AvgIpc) is 2.82. The standard InChI is InChI=1S/C24H24N2O5/c27-22(17-3-5-18(6-4-17)24(29)30)19-7-1-16-2-8-20(14-21(16)13-19)23(28)25-15-26-9-11-31-12-10-26/h1-8,13-14,22,27H,9-12,15H2,(H,25,28)(H,29,30). The molecule has 0 bridgehead atoms. The molecule has 1 amide bonds. The van der Waals surface area contributed by atoms with Gasteiger partial charge in [0.2, 0.25) is 0 Å². The maximum absolute atomic E-state index is 12.6. The SMILES string of the molecule is O=C(O)c1ccc(C(O)c2ccc3ccc(C(=O)NCN4CCOCC4)cc3c2)cc1. The van der Waals surface area contributed by atoms with Crippen LogP contribution in [0.4, 0.5) is 0 Å². The fourth-order valence-electron chi connectivity index (χ4n) is 3.62. The van der Waals surface area contributed by atoms with Crippen LogP contribution in [-0.4, -0.2) is 60.0 Å². The second-order valence-corrected chi connectivity index (χ2v) is 7.55. The van der Waals surface area contributed by atoms with Gasteiger partial charge in [0.05, 0.1) is 25.4 Å². The van der Waals surface area contributed by atoms with E-state index in [0.29, 0.717) is 36.6 Å². The Balaban J connectivity index is 1.51. The van der Waals surface area contributed by atoms with Crippen molar-refractivity contribution < 1.29 is 24.5 Å². The first-order chi connectivity index (χ1) is 15.0. The third-order valence-electron chi connectivity index (χ3n) is 5.48. The Morgan fingerprint density at radius 3 is 2.26 bits per heavy atom. The molecule has 1 aliphatic heterocycles. The highest BCUT2D eigenvalue weighted by molar-refractivity contribution is 5.98. The van der Waals surface area contributed by atoms with E-state index in [1.54, 1.807) is 18.2 Å². The second kappa shape index (κ2) is 9.26. The molecule has 7 nitrogen and oxygen atoms in total. The van der Waals surface area contributed by atoms with Crippen molar-refractivity contribution in [1.82, 2.24) is 10.2 Å². The Bertz CT molecular complexity index is 1090. The molecule has 31 heavy (non-hydrogen) atoms. The molecule has 1 atom stereocenters. The van der Waals surface area contributed by atoms with Crippen LogP contribution in [0.1, 0.15) is 37.9 Å². The van der Waals surface area contributed by atoms with Crippen molar-refractivity contribution in [2.75, 3.05) is 33.0 Å². The van der Waals surface area contributed by atoms with Gasteiger partial charge in [0.25, 0.3) is 5.91 Å². The zero-order valence-electron chi connectivity index (χ0n) is 17.0. The number of carboxylic acid groups (broad SMARTS) is 1. The van der Waals surface area contributed by atoms with Crippen LogP contribution in [-0.2, 0) is 4.74 Å². The van der Waals surface area contributed by atoms with Gasteiger partial charge in [-0.15, -0.1) is 0 Å². The first-order valence-electron chi connectivity index (χ1n) is 10.1. The summed E-state index contributed by atoms with van der Waals surface area (Å²) in [6.45, 7) is 3.43. The molecule has 1 heterocycles. The van der Waals surface area contributed by atoms with Crippen LogP contribution in [0.25, 0.3) is 10.8 Å². The highest BCUT2D eigenvalue weighted by atomic mass is 16.5. The van der Waals surface area contributed by atoms with Gasteiger partial charge in [-0.3, -0.25) is 9.69 Å². The van der Waals surface area contributed by atoms with Crippen molar-refractivity contribution in [3.05, 3.63) is 82.9 Å². The number of hydrogen-bond donors (Lipinski definition) is 3. The molecule has 1 aliphatic rings. The molecule has 1 unspecified atom stereocenters. The maximum Gasteiger partial charge on any atom is 0.335 e. The molecule has 1 fully saturated rings. The number of carboxylic acids is 1. The number of hydrogen-bond acceptors (Lipinski definition) is 5. The number of benzene rings is 3. The van der Waals surface area contributed by atoms with Crippen LogP contribution in [0.3, 0.4) is 0 Å². The van der Waals surface area contributed by atoms with Crippen LogP contribution >= 0.6 is 0 Å². The van der Waals surface area contributed by atoms with E-state index in [1.807, 2.05) is 30.3 Å². The summed E-state index contributed by atoms with van der Waals surface area (Å²) in [5.74, 6) is -1.16. The van der Waals surface area contributed by atoms with Gasteiger partial charge >= 0.3 is 5.97 Å². The number of morpholine rings is 1. The quantitative estimate of drug-likeness (QED) is 0.567. The van der Waals surface area contributed by atoms with Gasteiger partial charge in [-0.05, 0) is 52.2 Å². The highest BCUT2D eigenvalue weighted by Crippen LogP contribution is 2.26. The molecule has 3 aromatic rings. The van der Waals surface area contributed by atoms with E-state index in [1.165, 1.54) is 12.1 Å². The minimum atomic E-state index is -1.01. The lowest BCUT2D eigenvalue weighted by atomic mass is 9.97. The lowest BCUT2D eigenvalue weighted by molar-refractivity contribution is 0.0334. The van der Waals surface area contributed by atoms with E-state index >= 15 is 0 Å². The summed E-state index contributed by atoms with van der Waals surface area (Å²) in [5, 5.41) is 24.5. The van der Waals surface area contributed by atoms with Crippen molar-refractivity contribution in [2.24, 2.45) is 0 Å². The maximum atomic E-state index is 12.6. The number of aliphatic hydroxyl groups is 1. The Morgan fingerprint density at radius 1 is 0.903 bits per heavy atom. The minimum absolute atomic E-state index is 0.149. The number of rotatable bonds is 6. The van der Waals surface area contributed by atoms with Crippen LogP contribution in [0.15, 0.2) is 60.7 Å². The van der Waals surface area contributed by atoms with E-state index in [9.17, 15) is 14.7 Å². The summed E-state index contributed by atoms with van der Waals surface area (Å²) in [6, 6.07) is 17.2. The number of aromatic carboxylic acids is 1. The number of carbonyl (C=O) groups is 2. The fraction of sp³-hybridized carbons (Fsp3) is 0.250. The van der Waals surface area contributed by atoms with E-state index in [-0.39, 0.29) is 11.5 Å². The van der Waals surface area contributed by atoms with Crippen molar-refractivity contribution in [3.8, 4) is 0 Å². The molecular formula is C24H24N2O5. The highest BCUT2D eigenvalue weighted by Gasteiger charge is 2.15. The zero-order chi connectivity index (χ0) is 21.8. The molecule has 160 valence electrons. The van der Waals surface area contributed by atoms with Gasteiger partial charge in [-0.25, -0.2) is 4.79 Å². The number of nitrogens with one attached hydrogen (secondary N) is 1. The monoisotopic (exact) mass is 420 g/mol. The smallest absolute Gasteiger partial charge is 0.335 e. The molecule has 0 spiro atoms. The molecule has 0 saturated carbocycles. The van der Waals surface area contributed by atoms with E-state index in [4.69, 9.17) is 9.84 Å². The lowest BCUT2D eigenvalue weighted by Crippen LogP contribution is -2.43. The second-order valence-electron chi connectivity index (χ2n) is 7.55. The van der Waals surface area contributed by atoms with Crippen molar-refractivity contribution >= 4 is 22.6 Å². The van der Waals surface area contributed by atoms with Gasteiger partial charge in [0.15, 0.2) is 0 Å². The summed E-state index contributed by atoms with van der Waals surface area (Å²) >= 11 is 0. The van der Waals surface area contributed by atoms with Crippen molar-refractivity contribution in [3.63, 3.8) is 0 Å². The largest absolute Gasteiger partial charge is 0.478 e. The Kier molecular flexibility index (Phi) is 6.27. The third kappa shape index (κ3) is 4.91. The van der Waals surface area contributed by atoms with Gasteiger partial charge in [-0.1, -0.05) is 30.3 Å². The third-order valence-corrected chi connectivity index (χ3v) is 5.48. The first kappa shape index (κ1) is 21.0. The first-order valence-corrected chi connectivity index (χ1v) is 10.1. The molecule has 4 rings (SSSR count). The molecule has 0 aliphatic carbocycles. The molecule has 3 aromatic carbocycles. The molecule has 0 aromatic heterocycles. The number of carbonyl (C=O) groups excluding carboxylic acids is 1. The Morgan fingerprint density at radius 2 is 1.55 bits per heavy atom. The van der Waals surface area contributed by atoms with E-state index in [2.05, 4.69) is 10.2 Å². The van der Waals surface area contributed by atoms with Gasteiger partial charge in [0.1, 0.15) is 6.10 Å². The average molecular weight is 420 g/mol. The normalized spacial score (nSPS) is 15.5. The van der Waals surface area contributed by atoms with Gasteiger partial charge in [-0.2, -0.15) is 0 Å². The van der Waals surface area contributed by atoms with Gasteiger partial charge < -0.3 is 20.3 Å². The Labute approximate surface area is 179 Å². The van der Waals surface area contributed by atoms with E-state index in [0.717, 1.165) is 23.9 Å². The van der Waals surface area contributed by atoms with Crippen molar-refractivity contribution in [2.45, 2.75) is 6.10 Å². The molecule has 1 saturated heterocycles. The number of aliphatic hydroxyl groups excluding tert-OH is 1. The number of amides is 1. The molecule has 3 N–H and O–H groups in total. The summed E-state index contributed by atoms with van der Waals surface area (Å²) < 4.78 is 5.32. The predicted molar refractivity (Wildman–Crippen MR) is 116 cm³/mol. The fourth-order valence-corrected chi connectivity index (χ4v) is 3.62. The number of nitrogens with zero attached hydrogens (tertiary/aromatic N) is 1. The minimum Gasteiger partial charge on any atom is -0.478 e. The van der Waals surface area contributed by atoms with Crippen molar-refractivity contribution in [1.29, 1.82) is 0 Å². The molecule has 7 heteroatoms. The summed E-state index contributed by atoms with van der Waals surface area (Å²) in [6.07, 6.45) is -0.897. The van der Waals surface area contributed by atoms with Crippen LogP contribution in [0, 0.1) is 0 Å². The van der Waals surface area contributed by atoms with Crippen LogP contribution in [0.5, 0.6) is 0 Å². The Hall–Kier alpha value is -3.26. The number of fused-ring (bicyclic) bond motifs is 1. The number of ether oxygens (including phenoxy) is 1. The summed E-state index contributed by atoms with van der Waals surface area (Å²) in [5.41, 5.74) is 1.99. The van der Waals surface area contributed by atoms with E-state index < -0.39 is 12.1 Å². The summed E-state index contributed by atoms with van der Waals surface area (Å²) in [4.78, 5) is 25.7. The van der Waals surface area contributed by atoms with Crippen LogP contribution in [0.2, 0.25) is 0 Å². The molecule has 0 radical (unpaired) electrons. The lowest BCUT2D eigenvalue weighted by Gasteiger charge is -2.26. The topological polar surface area (TPSA) is 99.1 Å². The summed E-state index contributed by atoms with van der Waals surface area (Å²) in [7, 11) is 0. The zero-order valence-corrected chi connectivity index (χ0v) is 17.0. The predicted octanol–water partition coefficient (Wildman–Crippen LogP) is 2.64. The van der Waals surface area contributed by atoms with Gasteiger partial charge in [0, 0.05) is 18.7 Å².